The molecule has 0 saturated carbocycles. The predicted octanol–water partition coefficient (Wildman–Crippen LogP) is 1.22. The summed E-state index contributed by atoms with van der Waals surface area (Å²) in [7, 11) is 0. The van der Waals surface area contributed by atoms with Gasteiger partial charge in [0.25, 0.3) is 0 Å². The van der Waals surface area contributed by atoms with E-state index in [4.69, 9.17) is 0 Å². The lowest BCUT2D eigenvalue weighted by Crippen LogP contribution is -2.57. The van der Waals surface area contributed by atoms with Gasteiger partial charge < -0.3 is 5.32 Å². The predicted molar refractivity (Wildman–Crippen MR) is 51.3 cm³/mol. The van der Waals surface area contributed by atoms with E-state index in [1.54, 1.807) is 0 Å². The molecule has 2 aliphatic rings. The summed E-state index contributed by atoms with van der Waals surface area (Å²) in [6.45, 7) is 6.16. The van der Waals surface area contributed by atoms with Crippen LogP contribution in [0.5, 0.6) is 0 Å². The van der Waals surface area contributed by atoms with Crippen LogP contribution in [-0.2, 0) is 0 Å². The number of rotatable bonds is 1. The molecule has 0 aromatic rings. The first-order valence-corrected chi connectivity index (χ1v) is 5.37. The smallest absolute Gasteiger partial charge is 0.0221 e. The van der Waals surface area contributed by atoms with Crippen LogP contribution in [0.3, 0.4) is 0 Å². The Morgan fingerprint density at radius 3 is 3.17 bits per heavy atom. The number of hydrogen-bond donors (Lipinski definition) is 1. The van der Waals surface area contributed by atoms with E-state index >= 15 is 0 Å². The van der Waals surface area contributed by atoms with Gasteiger partial charge in [0, 0.05) is 25.2 Å². The maximum absolute atomic E-state index is 3.63. The van der Waals surface area contributed by atoms with Crippen molar-refractivity contribution >= 4 is 0 Å². The molecule has 0 amide bonds. The van der Waals surface area contributed by atoms with Gasteiger partial charge in [-0.15, -0.1) is 0 Å². The third kappa shape index (κ3) is 1.64. The Kier molecular flexibility index (Phi) is 2.66. The zero-order valence-corrected chi connectivity index (χ0v) is 8.05. The van der Waals surface area contributed by atoms with Gasteiger partial charge in [-0.2, -0.15) is 0 Å². The molecule has 2 atom stereocenters. The fourth-order valence-electron chi connectivity index (χ4n) is 2.46. The summed E-state index contributed by atoms with van der Waals surface area (Å²) in [4.78, 5) is 2.69. The van der Waals surface area contributed by atoms with Crippen molar-refractivity contribution in [1.29, 1.82) is 0 Å². The lowest BCUT2D eigenvalue weighted by molar-refractivity contribution is 0.0940. The van der Waals surface area contributed by atoms with Gasteiger partial charge in [-0.05, 0) is 25.8 Å². The Balaban J connectivity index is 1.90. The SMILES string of the molecule is CCC1CN2CCCCC2CN1. The van der Waals surface area contributed by atoms with Crippen molar-refractivity contribution in [3.8, 4) is 0 Å². The highest BCUT2D eigenvalue weighted by Crippen LogP contribution is 2.19. The molecule has 2 fully saturated rings. The van der Waals surface area contributed by atoms with Gasteiger partial charge in [0.05, 0.1) is 0 Å². The number of hydrogen-bond acceptors (Lipinski definition) is 2. The summed E-state index contributed by atoms with van der Waals surface area (Å²) >= 11 is 0. The van der Waals surface area contributed by atoms with E-state index in [9.17, 15) is 0 Å². The van der Waals surface area contributed by atoms with Crippen LogP contribution >= 0.6 is 0 Å². The number of piperidine rings is 1. The molecule has 1 N–H and O–H groups in total. The monoisotopic (exact) mass is 168 g/mol. The van der Waals surface area contributed by atoms with Crippen LogP contribution in [-0.4, -0.2) is 36.6 Å². The van der Waals surface area contributed by atoms with Crippen LogP contribution in [0.15, 0.2) is 0 Å². The quantitative estimate of drug-likeness (QED) is 0.633. The van der Waals surface area contributed by atoms with E-state index in [0.29, 0.717) is 0 Å². The minimum atomic E-state index is 0.763. The van der Waals surface area contributed by atoms with E-state index in [1.165, 1.54) is 45.3 Å². The van der Waals surface area contributed by atoms with Gasteiger partial charge in [-0.25, -0.2) is 0 Å². The third-order valence-corrected chi connectivity index (χ3v) is 3.34. The average molecular weight is 168 g/mol. The van der Waals surface area contributed by atoms with Gasteiger partial charge >= 0.3 is 0 Å². The van der Waals surface area contributed by atoms with E-state index in [-0.39, 0.29) is 0 Å². The van der Waals surface area contributed by atoms with Gasteiger partial charge in [-0.3, -0.25) is 4.90 Å². The molecule has 2 heterocycles. The van der Waals surface area contributed by atoms with Crippen molar-refractivity contribution in [2.45, 2.75) is 44.7 Å². The molecule has 0 spiro atoms. The Morgan fingerprint density at radius 2 is 2.33 bits per heavy atom. The molecule has 2 aliphatic heterocycles. The maximum Gasteiger partial charge on any atom is 0.0221 e. The second kappa shape index (κ2) is 3.75. The van der Waals surface area contributed by atoms with Crippen LogP contribution in [0, 0.1) is 0 Å². The molecule has 0 bridgehead atoms. The molecule has 2 saturated heterocycles. The van der Waals surface area contributed by atoms with E-state index in [2.05, 4.69) is 17.1 Å². The second-order valence-corrected chi connectivity index (χ2v) is 4.16. The van der Waals surface area contributed by atoms with Crippen LogP contribution in [0.2, 0.25) is 0 Å². The highest BCUT2D eigenvalue weighted by Gasteiger charge is 2.28. The van der Waals surface area contributed by atoms with E-state index < -0.39 is 0 Å². The molecular weight excluding hydrogens is 148 g/mol. The molecule has 2 unspecified atom stereocenters. The number of fused-ring (bicyclic) bond motifs is 1. The fraction of sp³-hybridized carbons (Fsp3) is 1.00. The normalized spacial score (nSPS) is 37.8. The lowest BCUT2D eigenvalue weighted by Gasteiger charge is -2.43. The molecule has 2 rings (SSSR count). The Bertz CT molecular complexity index is 147. The highest BCUT2D eigenvalue weighted by atomic mass is 15.2. The molecule has 0 aliphatic carbocycles. The minimum absolute atomic E-state index is 0.763. The largest absolute Gasteiger partial charge is 0.311 e. The Hall–Kier alpha value is -0.0800. The first kappa shape index (κ1) is 8.52. The Morgan fingerprint density at radius 1 is 1.42 bits per heavy atom. The van der Waals surface area contributed by atoms with Crippen molar-refractivity contribution in [3.05, 3.63) is 0 Å². The second-order valence-electron chi connectivity index (χ2n) is 4.16. The summed E-state index contributed by atoms with van der Waals surface area (Å²) in [5.74, 6) is 0. The zero-order chi connectivity index (χ0) is 8.39. The standard InChI is InChI=1S/C10H20N2/c1-2-9-8-12-6-4-3-5-10(12)7-11-9/h9-11H,2-8H2,1H3. The van der Waals surface area contributed by atoms with Crippen molar-refractivity contribution in [2.75, 3.05) is 19.6 Å². The lowest BCUT2D eigenvalue weighted by atomic mass is 9.98. The van der Waals surface area contributed by atoms with Gasteiger partial charge in [0.15, 0.2) is 0 Å². The maximum atomic E-state index is 3.63. The van der Waals surface area contributed by atoms with Crippen LogP contribution in [0.25, 0.3) is 0 Å². The first-order valence-electron chi connectivity index (χ1n) is 5.37. The molecule has 12 heavy (non-hydrogen) atoms. The Labute approximate surface area is 75.3 Å². The number of nitrogens with zero attached hydrogens (tertiary/aromatic N) is 1. The van der Waals surface area contributed by atoms with Gasteiger partial charge in [-0.1, -0.05) is 13.3 Å². The van der Waals surface area contributed by atoms with Crippen LogP contribution in [0.1, 0.15) is 32.6 Å². The fourth-order valence-corrected chi connectivity index (χ4v) is 2.46. The van der Waals surface area contributed by atoms with Crippen molar-refractivity contribution in [2.24, 2.45) is 0 Å². The topological polar surface area (TPSA) is 15.3 Å². The number of nitrogens with one attached hydrogen (secondary N) is 1. The van der Waals surface area contributed by atoms with Gasteiger partial charge in [0.1, 0.15) is 0 Å². The van der Waals surface area contributed by atoms with Crippen LogP contribution < -0.4 is 5.32 Å². The van der Waals surface area contributed by atoms with Crippen LogP contribution in [0.4, 0.5) is 0 Å². The van der Waals surface area contributed by atoms with Crippen molar-refractivity contribution in [1.82, 2.24) is 10.2 Å². The molecule has 0 aromatic heterocycles. The van der Waals surface area contributed by atoms with Gasteiger partial charge in [0.2, 0.25) is 0 Å². The molecule has 70 valence electrons. The molecule has 0 aromatic carbocycles. The summed E-state index contributed by atoms with van der Waals surface area (Å²) in [5.41, 5.74) is 0. The zero-order valence-electron chi connectivity index (χ0n) is 8.05. The van der Waals surface area contributed by atoms with E-state index in [1.807, 2.05) is 0 Å². The average Bonchev–Trinajstić information content (AvgIpc) is 2.17. The minimum Gasteiger partial charge on any atom is -0.311 e. The first-order chi connectivity index (χ1) is 5.90. The number of piperazine rings is 1. The molecule has 0 radical (unpaired) electrons. The third-order valence-electron chi connectivity index (χ3n) is 3.34. The summed E-state index contributed by atoms with van der Waals surface area (Å²) in [6.07, 6.45) is 5.57. The summed E-state index contributed by atoms with van der Waals surface area (Å²) in [5, 5.41) is 3.63. The van der Waals surface area contributed by atoms with Crippen molar-refractivity contribution in [3.63, 3.8) is 0 Å². The molecule has 2 heteroatoms. The summed E-state index contributed by atoms with van der Waals surface area (Å²) in [6, 6.07) is 1.63. The molecule has 2 nitrogen and oxygen atoms in total. The van der Waals surface area contributed by atoms with Crippen molar-refractivity contribution < 1.29 is 0 Å². The van der Waals surface area contributed by atoms with E-state index in [0.717, 1.165) is 12.1 Å². The molecular formula is C10H20N2. The highest BCUT2D eigenvalue weighted by molar-refractivity contribution is 4.87. The summed E-state index contributed by atoms with van der Waals surface area (Å²) < 4.78 is 0.